The average Bonchev–Trinajstić information content (AvgIpc) is 3.33. The van der Waals surface area contributed by atoms with Crippen molar-refractivity contribution >= 4 is 34.8 Å². The molecular formula is C20H17ClN2O2S. The number of nitrogens with one attached hydrogen (secondary N) is 1. The predicted octanol–water partition coefficient (Wildman–Crippen LogP) is 4.96. The number of carbonyl (C=O) groups excluding carboxylic acids is 1. The smallest absolute Gasteiger partial charge is 0.189 e. The van der Waals surface area contributed by atoms with Gasteiger partial charge in [0.2, 0.25) is 0 Å². The number of Topliss-reactive ketones (excluding diaryl/α,β-unsaturated/α-hetero) is 1. The van der Waals surface area contributed by atoms with Crippen LogP contribution in [0.15, 0.2) is 47.7 Å². The third-order valence-electron chi connectivity index (χ3n) is 4.43. The molecule has 132 valence electrons. The Labute approximate surface area is 160 Å². The van der Waals surface area contributed by atoms with E-state index in [-0.39, 0.29) is 5.78 Å². The molecule has 1 aliphatic rings. The number of thiophene rings is 1. The Morgan fingerprint density at radius 2 is 2.23 bits per heavy atom. The molecule has 26 heavy (non-hydrogen) atoms. The highest BCUT2D eigenvalue weighted by molar-refractivity contribution is 7.10. The van der Waals surface area contributed by atoms with Crippen LogP contribution in [0.5, 0.6) is 5.75 Å². The number of halogens is 1. The van der Waals surface area contributed by atoms with Crippen LogP contribution in [0.1, 0.15) is 32.9 Å². The maximum atomic E-state index is 12.8. The van der Waals surface area contributed by atoms with Gasteiger partial charge in [0.15, 0.2) is 5.78 Å². The lowest BCUT2D eigenvalue weighted by Gasteiger charge is -2.20. The molecule has 0 saturated carbocycles. The minimum Gasteiger partial charge on any atom is -0.492 e. The topological polar surface area (TPSA) is 55.0 Å². The van der Waals surface area contributed by atoms with Gasteiger partial charge in [-0.25, -0.2) is 4.98 Å². The van der Waals surface area contributed by atoms with Crippen LogP contribution in [0.4, 0.5) is 0 Å². The summed E-state index contributed by atoms with van der Waals surface area (Å²) in [6, 6.07) is 7.63. The van der Waals surface area contributed by atoms with Crippen molar-refractivity contribution in [1.82, 2.24) is 9.97 Å². The van der Waals surface area contributed by atoms with E-state index in [2.05, 4.69) is 9.97 Å². The van der Waals surface area contributed by atoms with Gasteiger partial charge in [0.05, 0.1) is 18.0 Å². The molecule has 0 spiro atoms. The Hall–Kier alpha value is -2.37. The normalized spacial score (nSPS) is 15.3. The lowest BCUT2D eigenvalue weighted by atomic mass is 9.86. The first-order valence-electron chi connectivity index (χ1n) is 8.42. The van der Waals surface area contributed by atoms with Crippen molar-refractivity contribution < 1.29 is 9.53 Å². The number of ketones is 1. The number of rotatable bonds is 5. The molecule has 0 saturated heterocycles. The number of benzene rings is 1. The molecule has 0 atom stereocenters. The number of nitrogens with zero attached hydrogens (tertiary/aromatic N) is 1. The van der Waals surface area contributed by atoms with Gasteiger partial charge in [-0.3, -0.25) is 4.79 Å². The van der Waals surface area contributed by atoms with Gasteiger partial charge in [0.25, 0.3) is 0 Å². The van der Waals surface area contributed by atoms with Crippen molar-refractivity contribution in [3.8, 4) is 5.75 Å². The second kappa shape index (κ2) is 7.48. The van der Waals surface area contributed by atoms with Gasteiger partial charge in [0.1, 0.15) is 5.75 Å². The third kappa shape index (κ3) is 3.45. The van der Waals surface area contributed by atoms with Crippen molar-refractivity contribution in [3.05, 3.63) is 74.5 Å². The number of aromatic amines is 1. The molecule has 4 rings (SSSR count). The van der Waals surface area contributed by atoms with Crippen LogP contribution >= 0.6 is 22.9 Å². The molecule has 0 aliphatic heterocycles. The molecule has 1 aromatic carbocycles. The predicted molar refractivity (Wildman–Crippen MR) is 104 cm³/mol. The quantitative estimate of drug-likeness (QED) is 0.632. The number of H-pyrrole nitrogens is 1. The largest absolute Gasteiger partial charge is 0.492 e. The van der Waals surface area contributed by atoms with Crippen molar-refractivity contribution in [2.45, 2.75) is 19.3 Å². The van der Waals surface area contributed by atoms with Gasteiger partial charge in [0, 0.05) is 34.3 Å². The Bertz CT molecular complexity index is 947. The summed E-state index contributed by atoms with van der Waals surface area (Å²) in [5.41, 5.74) is 3.42. The van der Waals surface area contributed by atoms with Crippen molar-refractivity contribution in [3.63, 3.8) is 0 Å². The molecule has 0 unspecified atom stereocenters. The molecule has 1 aliphatic carbocycles. The Morgan fingerprint density at radius 1 is 1.31 bits per heavy atom. The van der Waals surface area contributed by atoms with Gasteiger partial charge >= 0.3 is 0 Å². The van der Waals surface area contributed by atoms with E-state index in [0.717, 1.165) is 34.5 Å². The van der Waals surface area contributed by atoms with Crippen molar-refractivity contribution in [2.24, 2.45) is 0 Å². The summed E-state index contributed by atoms with van der Waals surface area (Å²) < 4.78 is 5.82. The summed E-state index contributed by atoms with van der Waals surface area (Å²) in [7, 11) is 0. The Kier molecular flexibility index (Phi) is 4.91. The highest BCUT2D eigenvalue weighted by Gasteiger charge is 2.25. The van der Waals surface area contributed by atoms with Gasteiger partial charge in [-0.1, -0.05) is 17.7 Å². The first-order valence-corrected chi connectivity index (χ1v) is 9.68. The van der Waals surface area contributed by atoms with Crippen LogP contribution < -0.4 is 4.74 Å². The molecule has 0 bridgehead atoms. The van der Waals surface area contributed by atoms with Crippen LogP contribution in [-0.4, -0.2) is 22.4 Å². The highest BCUT2D eigenvalue weighted by atomic mass is 35.5. The number of hydrogen-bond acceptors (Lipinski definition) is 4. The maximum Gasteiger partial charge on any atom is 0.189 e. The van der Waals surface area contributed by atoms with E-state index in [1.165, 1.54) is 0 Å². The minimum atomic E-state index is 0.0607. The van der Waals surface area contributed by atoms with Crippen molar-refractivity contribution in [1.29, 1.82) is 0 Å². The molecule has 0 fully saturated rings. The zero-order valence-electron chi connectivity index (χ0n) is 14.0. The standard InChI is InChI=1S/C20H17ClN2O2S/c21-19-16-4-3-13(10-15-2-1-9-26-15)20(24)17(16)5-6-18(19)25-8-7-14-11-22-12-23-14/h1-2,5-6,9-12H,3-4,7-8H2,(H,22,23). The van der Waals surface area contributed by atoms with Crippen LogP contribution in [0.3, 0.4) is 0 Å². The van der Waals surface area contributed by atoms with Crippen LogP contribution in [0, 0.1) is 0 Å². The second-order valence-corrected chi connectivity index (χ2v) is 7.45. The fourth-order valence-corrected chi connectivity index (χ4v) is 4.09. The lowest BCUT2D eigenvalue weighted by Crippen LogP contribution is -2.15. The number of ether oxygens (including phenoxy) is 1. The zero-order valence-corrected chi connectivity index (χ0v) is 15.6. The SMILES string of the molecule is O=C1C(=Cc2cccs2)CCc2c1ccc(OCCc1cnc[nH]1)c2Cl. The molecule has 3 aromatic rings. The molecule has 0 amide bonds. The van der Waals surface area contributed by atoms with Gasteiger partial charge in [-0.05, 0) is 48.1 Å². The van der Waals surface area contributed by atoms with E-state index in [1.807, 2.05) is 29.7 Å². The van der Waals surface area contributed by atoms with E-state index < -0.39 is 0 Å². The fourth-order valence-electron chi connectivity index (χ4n) is 3.09. The van der Waals surface area contributed by atoms with Crippen molar-refractivity contribution in [2.75, 3.05) is 6.61 Å². The summed E-state index contributed by atoms with van der Waals surface area (Å²) in [6.07, 6.45) is 7.57. The number of imidazole rings is 1. The number of allylic oxidation sites excluding steroid dienone is 1. The lowest BCUT2D eigenvalue weighted by molar-refractivity contribution is 0.102. The average molecular weight is 385 g/mol. The summed E-state index contributed by atoms with van der Waals surface area (Å²) in [6.45, 7) is 0.498. The first kappa shape index (κ1) is 17.1. The summed E-state index contributed by atoms with van der Waals surface area (Å²) >= 11 is 8.16. The van der Waals surface area contributed by atoms with Crippen LogP contribution in [0.25, 0.3) is 6.08 Å². The first-order chi connectivity index (χ1) is 12.7. The van der Waals surface area contributed by atoms with E-state index in [9.17, 15) is 4.79 Å². The number of carbonyl (C=O) groups is 1. The number of hydrogen-bond donors (Lipinski definition) is 1. The minimum absolute atomic E-state index is 0.0607. The highest BCUT2D eigenvalue weighted by Crippen LogP contribution is 2.37. The van der Waals surface area contributed by atoms with Crippen LogP contribution in [0.2, 0.25) is 5.02 Å². The number of fused-ring (bicyclic) bond motifs is 1. The Balaban J connectivity index is 1.52. The van der Waals surface area contributed by atoms with E-state index in [0.29, 0.717) is 29.4 Å². The molecule has 6 heteroatoms. The maximum absolute atomic E-state index is 12.8. The third-order valence-corrected chi connectivity index (χ3v) is 5.67. The van der Waals surface area contributed by atoms with Crippen LogP contribution in [-0.2, 0) is 12.8 Å². The number of aromatic nitrogens is 2. The summed E-state index contributed by atoms with van der Waals surface area (Å²) in [5.74, 6) is 0.689. The monoisotopic (exact) mass is 384 g/mol. The molecule has 2 heterocycles. The Morgan fingerprint density at radius 3 is 3.00 bits per heavy atom. The second-order valence-electron chi connectivity index (χ2n) is 6.09. The molecule has 1 N–H and O–H groups in total. The van der Waals surface area contributed by atoms with Gasteiger partial charge < -0.3 is 9.72 Å². The van der Waals surface area contributed by atoms with Gasteiger partial charge in [-0.2, -0.15) is 0 Å². The molecular weight excluding hydrogens is 368 g/mol. The summed E-state index contributed by atoms with van der Waals surface area (Å²) in [4.78, 5) is 20.9. The fraction of sp³-hybridized carbons (Fsp3) is 0.200. The van der Waals surface area contributed by atoms with E-state index in [4.69, 9.17) is 16.3 Å². The molecule has 4 nitrogen and oxygen atoms in total. The summed E-state index contributed by atoms with van der Waals surface area (Å²) in [5, 5.41) is 2.56. The van der Waals surface area contributed by atoms with E-state index in [1.54, 1.807) is 29.9 Å². The zero-order chi connectivity index (χ0) is 17.9. The van der Waals surface area contributed by atoms with E-state index >= 15 is 0 Å². The molecule has 2 aromatic heterocycles. The van der Waals surface area contributed by atoms with Gasteiger partial charge in [-0.15, -0.1) is 11.3 Å². The molecule has 0 radical (unpaired) electrons.